The molecule has 1 fully saturated rings. The first-order valence-corrected chi connectivity index (χ1v) is 7.39. The maximum atomic E-state index is 12.7. The number of hydrogen-bond acceptors (Lipinski definition) is 4. The van der Waals surface area contributed by atoms with Crippen molar-refractivity contribution in [2.75, 3.05) is 13.7 Å². The second-order valence-electron chi connectivity index (χ2n) is 6.13. The summed E-state index contributed by atoms with van der Waals surface area (Å²) in [6.07, 6.45) is 2.93. The van der Waals surface area contributed by atoms with Crippen molar-refractivity contribution in [2.24, 2.45) is 0 Å². The molecule has 1 amide bonds. The Morgan fingerprint density at radius 3 is 2.91 bits per heavy atom. The molecule has 9 heteroatoms. The molecule has 0 spiro atoms. The van der Waals surface area contributed by atoms with Crippen molar-refractivity contribution in [1.29, 1.82) is 0 Å². The van der Waals surface area contributed by atoms with Crippen LogP contribution < -0.4 is 5.32 Å². The Bertz CT molecular complexity index is 577. The summed E-state index contributed by atoms with van der Waals surface area (Å²) in [7, 11) is 1.65. The molecule has 1 atom stereocenters. The van der Waals surface area contributed by atoms with Gasteiger partial charge in [0.1, 0.15) is 0 Å². The number of likely N-dealkylation sites (N-methyl/N-ethyl adjacent to an activating group) is 1. The van der Waals surface area contributed by atoms with E-state index in [1.54, 1.807) is 13.2 Å². The summed E-state index contributed by atoms with van der Waals surface area (Å²) in [5.74, 6) is -0.187. The lowest BCUT2D eigenvalue weighted by atomic mass is 10.1. The fourth-order valence-corrected chi connectivity index (χ4v) is 2.86. The molecule has 6 nitrogen and oxygen atoms in total. The molecule has 1 aromatic heterocycles. The van der Waals surface area contributed by atoms with Crippen LogP contribution in [0.2, 0.25) is 0 Å². The van der Waals surface area contributed by atoms with Gasteiger partial charge in [-0.15, -0.1) is 12.4 Å². The number of carbonyl (C=O) groups excluding carboxylic acids is 1. The second-order valence-corrected chi connectivity index (χ2v) is 6.13. The van der Waals surface area contributed by atoms with Gasteiger partial charge in [0.25, 0.3) is 5.91 Å². The number of nitrogens with one attached hydrogen (secondary N) is 1. The van der Waals surface area contributed by atoms with Crippen molar-refractivity contribution in [3.63, 3.8) is 0 Å². The van der Waals surface area contributed by atoms with Crippen molar-refractivity contribution < 1.29 is 18.3 Å². The number of amides is 1. The number of fused-ring (bicyclic) bond motifs is 1. The zero-order valence-electron chi connectivity index (χ0n) is 13.1. The molecule has 23 heavy (non-hydrogen) atoms. The predicted molar refractivity (Wildman–Crippen MR) is 81.8 cm³/mol. The van der Waals surface area contributed by atoms with Crippen LogP contribution in [-0.2, 0) is 17.8 Å². The lowest BCUT2D eigenvalue weighted by Crippen LogP contribution is -2.43. The summed E-state index contributed by atoms with van der Waals surface area (Å²) < 4.78 is 30.7. The lowest BCUT2D eigenvalue weighted by molar-refractivity contribution is -0.141. The summed E-state index contributed by atoms with van der Waals surface area (Å²) in [5, 5.41) is 7.56. The highest BCUT2D eigenvalue weighted by Gasteiger charge is 2.50. The number of hydrogen-bond donors (Lipinski definition) is 1. The number of carbonyl (C=O) groups is 1. The zero-order chi connectivity index (χ0) is 15.9. The Hall–Kier alpha value is -1.25. The molecule has 3 rings (SSSR count). The first kappa shape index (κ1) is 18.1. The molecule has 2 heterocycles. The van der Waals surface area contributed by atoms with Gasteiger partial charge in [-0.3, -0.25) is 9.48 Å². The predicted octanol–water partition coefficient (Wildman–Crippen LogP) is 1.64. The quantitative estimate of drug-likeness (QED) is 0.877. The highest BCUT2D eigenvalue weighted by molar-refractivity contribution is 5.95. The van der Waals surface area contributed by atoms with Gasteiger partial charge >= 0.3 is 6.61 Å². The number of alkyl halides is 2. The van der Waals surface area contributed by atoms with Crippen molar-refractivity contribution in [3.05, 3.63) is 17.5 Å². The van der Waals surface area contributed by atoms with Crippen LogP contribution in [0.5, 0.6) is 0 Å². The second kappa shape index (κ2) is 6.70. The highest BCUT2D eigenvalue weighted by Crippen LogP contribution is 2.42. The minimum Gasteiger partial charge on any atom is -0.334 e. The van der Waals surface area contributed by atoms with Gasteiger partial charge in [0.15, 0.2) is 0 Å². The summed E-state index contributed by atoms with van der Waals surface area (Å²) in [6.45, 7) is 0.406. The average Bonchev–Trinajstić information content (AvgIpc) is 3.17. The van der Waals surface area contributed by atoms with E-state index in [2.05, 4.69) is 22.1 Å². The van der Waals surface area contributed by atoms with E-state index in [1.165, 1.54) is 4.90 Å². The van der Waals surface area contributed by atoms with Gasteiger partial charge in [0, 0.05) is 19.6 Å². The van der Waals surface area contributed by atoms with Crippen LogP contribution >= 0.6 is 12.4 Å². The molecule has 1 saturated carbocycles. The molecular formula is C14H21ClF2N4O2. The fourth-order valence-electron chi connectivity index (χ4n) is 2.86. The maximum Gasteiger partial charge on any atom is 0.345 e. The van der Waals surface area contributed by atoms with E-state index >= 15 is 0 Å². The van der Waals surface area contributed by atoms with Crippen LogP contribution in [-0.4, -0.2) is 52.4 Å². The normalized spacial score (nSPS) is 21.5. The van der Waals surface area contributed by atoms with Crippen molar-refractivity contribution in [1.82, 2.24) is 20.0 Å². The monoisotopic (exact) mass is 350 g/mol. The van der Waals surface area contributed by atoms with Crippen molar-refractivity contribution in [2.45, 2.75) is 51.0 Å². The van der Waals surface area contributed by atoms with E-state index in [-0.39, 0.29) is 24.9 Å². The third-order valence-electron chi connectivity index (χ3n) is 4.57. The van der Waals surface area contributed by atoms with Crippen LogP contribution in [0.25, 0.3) is 0 Å². The van der Waals surface area contributed by atoms with Crippen molar-refractivity contribution in [3.8, 4) is 0 Å². The van der Waals surface area contributed by atoms with Crippen LogP contribution in [0, 0.1) is 0 Å². The molecule has 130 valence electrons. The summed E-state index contributed by atoms with van der Waals surface area (Å²) in [5.41, 5.74) is 0.781. The van der Waals surface area contributed by atoms with Crippen LogP contribution in [0.15, 0.2) is 6.20 Å². The van der Waals surface area contributed by atoms with Gasteiger partial charge < -0.3 is 15.0 Å². The Morgan fingerprint density at radius 1 is 1.61 bits per heavy atom. The van der Waals surface area contributed by atoms with E-state index < -0.39 is 12.2 Å². The smallest absolute Gasteiger partial charge is 0.334 e. The molecule has 1 N–H and O–H groups in total. The third kappa shape index (κ3) is 3.49. The minimum absolute atomic E-state index is 0. The molecule has 0 bridgehead atoms. The highest BCUT2D eigenvalue weighted by atomic mass is 35.5. The number of ether oxygens (including phenoxy) is 1. The van der Waals surface area contributed by atoms with Gasteiger partial charge in [-0.25, -0.2) is 0 Å². The topological polar surface area (TPSA) is 59.4 Å². The van der Waals surface area contributed by atoms with Crippen molar-refractivity contribution >= 4 is 18.3 Å². The van der Waals surface area contributed by atoms with Crippen LogP contribution in [0.1, 0.15) is 35.8 Å². The van der Waals surface area contributed by atoms with E-state index in [0.717, 1.165) is 5.69 Å². The molecular weight excluding hydrogens is 330 g/mol. The van der Waals surface area contributed by atoms with E-state index in [9.17, 15) is 13.6 Å². The van der Waals surface area contributed by atoms with E-state index in [0.29, 0.717) is 37.5 Å². The molecule has 0 saturated heterocycles. The third-order valence-corrected chi connectivity index (χ3v) is 4.57. The number of nitrogens with zero attached hydrogens (tertiary/aromatic N) is 3. The summed E-state index contributed by atoms with van der Waals surface area (Å²) >= 11 is 0. The molecule has 1 aliphatic carbocycles. The van der Waals surface area contributed by atoms with Gasteiger partial charge in [-0.1, -0.05) is 0 Å². The summed E-state index contributed by atoms with van der Waals surface area (Å²) in [4.78, 5) is 14.2. The van der Waals surface area contributed by atoms with E-state index in [4.69, 9.17) is 0 Å². The Balaban J connectivity index is 0.00000192. The fraction of sp³-hybridized carbons (Fsp3) is 0.714. The maximum absolute atomic E-state index is 12.7. The van der Waals surface area contributed by atoms with Gasteiger partial charge in [-0.05, 0) is 19.8 Å². The first-order chi connectivity index (χ1) is 10.4. The number of rotatable bonds is 5. The van der Waals surface area contributed by atoms with Crippen LogP contribution in [0.4, 0.5) is 8.78 Å². The molecule has 1 aromatic rings. The molecule has 2 aliphatic rings. The molecule has 0 aromatic carbocycles. The van der Waals surface area contributed by atoms with Crippen LogP contribution in [0.3, 0.4) is 0 Å². The number of halogens is 3. The Morgan fingerprint density at radius 2 is 2.30 bits per heavy atom. The minimum atomic E-state index is -2.81. The molecule has 0 radical (unpaired) electrons. The van der Waals surface area contributed by atoms with E-state index in [1.807, 2.05) is 4.68 Å². The zero-order valence-corrected chi connectivity index (χ0v) is 13.9. The first-order valence-electron chi connectivity index (χ1n) is 7.39. The van der Waals surface area contributed by atoms with Gasteiger partial charge in [-0.2, -0.15) is 13.9 Å². The lowest BCUT2D eigenvalue weighted by Gasteiger charge is -2.29. The standard InChI is InChI=1S/C14H20F2N4O2.ClH/c1-9-7-20-11(6-17-9)10(5-18-20)12(21)19(2)14(3-4-14)8-22-13(15)16;/h5,9,13,17H,3-4,6-8H2,1-2H3;1H. The van der Waals surface area contributed by atoms with Gasteiger partial charge in [0.05, 0.1) is 36.1 Å². The summed E-state index contributed by atoms with van der Waals surface area (Å²) in [6, 6.07) is 0.308. The molecule has 1 unspecified atom stereocenters. The Labute approximate surface area is 139 Å². The average molecular weight is 351 g/mol. The SMILES string of the molecule is CC1Cn2ncc(C(=O)N(C)C3(COC(F)F)CC3)c2CN1.Cl. The van der Waals surface area contributed by atoms with Gasteiger partial charge in [0.2, 0.25) is 0 Å². The Kier molecular flexibility index (Phi) is 5.27. The number of aromatic nitrogens is 2. The largest absolute Gasteiger partial charge is 0.345 e. The molecule has 1 aliphatic heterocycles.